The molecule has 104 valence electrons. The molecule has 0 bridgehead atoms. The summed E-state index contributed by atoms with van der Waals surface area (Å²) in [6.07, 6.45) is 1.96. The van der Waals surface area contributed by atoms with E-state index in [1.165, 1.54) is 22.3 Å². The Morgan fingerprint density at radius 1 is 1.16 bits per heavy atom. The summed E-state index contributed by atoms with van der Waals surface area (Å²) < 4.78 is 5.70. The second-order valence-electron chi connectivity index (χ2n) is 5.13. The van der Waals surface area contributed by atoms with Gasteiger partial charge in [0.15, 0.2) is 0 Å². The molecule has 1 atom stereocenters. The maximum absolute atomic E-state index is 5.70. The molecular formula is C18H26O. The highest BCUT2D eigenvalue weighted by Gasteiger charge is 2.12. The minimum Gasteiger partial charge on any atom is -0.494 e. The fourth-order valence-electron chi connectivity index (χ4n) is 2.35. The number of rotatable bonds is 4. The second kappa shape index (κ2) is 7.24. The van der Waals surface area contributed by atoms with Crippen molar-refractivity contribution >= 4 is 0 Å². The predicted octanol–water partition coefficient (Wildman–Crippen LogP) is 4.60. The first-order valence-corrected chi connectivity index (χ1v) is 7.22. The minimum absolute atomic E-state index is 0.412. The highest BCUT2D eigenvalue weighted by atomic mass is 16.5. The third-order valence-electron chi connectivity index (χ3n) is 3.54. The van der Waals surface area contributed by atoms with Gasteiger partial charge in [-0.05, 0) is 62.4 Å². The standard InChI is InChI=1S/C18H26O/c1-7-9-10-13(3)11-17-14(4)12-18(19-8-2)16(6)15(17)5/h12-13H,7-8,11H2,1-6H3. The molecule has 0 spiro atoms. The summed E-state index contributed by atoms with van der Waals surface area (Å²) in [5.74, 6) is 7.93. The number of hydrogen-bond acceptors (Lipinski definition) is 1. The maximum Gasteiger partial charge on any atom is 0.122 e. The van der Waals surface area contributed by atoms with Crippen LogP contribution in [0.1, 0.15) is 49.4 Å². The van der Waals surface area contributed by atoms with Crippen molar-refractivity contribution in [2.45, 2.75) is 54.4 Å². The third-order valence-corrected chi connectivity index (χ3v) is 3.54. The van der Waals surface area contributed by atoms with Crippen molar-refractivity contribution in [3.8, 4) is 17.6 Å². The van der Waals surface area contributed by atoms with Crippen molar-refractivity contribution in [1.29, 1.82) is 0 Å². The molecule has 1 aromatic carbocycles. The lowest BCUT2D eigenvalue weighted by Crippen LogP contribution is -2.05. The van der Waals surface area contributed by atoms with Crippen LogP contribution in [0.2, 0.25) is 0 Å². The van der Waals surface area contributed by atoms with Gasteiger partial charge < -0.3 is 4.74 Å². The van der Waals surface area contributed by atoms with Gasteiger partial charge in [0, 0.05) is 12.3 Å². The summed E-state index contributed by atoms with van der Waals surface area (Å²) in [6, 6.07) is 2.17. The molecule has 1 aromatic rings. The van der Waals surface area contributed by atoms with E-state index in [-0.39, 0.29) is 0 Å². The monoisotopic (exact) mass is 258 g/mol. The summed E-state index contributed by atoms with van der Waals surface area (Å²) in [7, 11) is 0. The van der Waals surface area contributed by atoms with Crippen LogP contribution in [0.15, 0.2) is 6.07 Å². The fraction of sp³-hybridized carbons (Fsp3) is 0.556. The molecule has 1 nitrogen and oxygen atoms in total. The van der Waals surface area contributed by atoms with Gasteiger partial charge in [-0.2, -0.15) is 0 Å². The predicted molar refractivity (Wildman–Crippen MR) is 82.8 cm³/mol. The normalized spacial score (nSPS) is 11.7. The zero-order valence-electron chi connectivity index (χ0n) is 13.2. The van der Waals surface area contributed by atoms with E-state index < -0.39 is 0 Å². The van der Waals surface area contributed by atoms with E-state index in [0.717, 1.165) is 25.2 Å². The molecule has 0 amide bonds. The summed E-state index contributed by atoms with van der Waals surface area (Å²) in [4.78, 5) is 0. The molecule has 1 unspecified atom stereocenters. The topological polar surface area (TPSA) is 9.23 Å². The molecule has 0 saturated carbocycles. The van der Waals surface area contributed by atoms with Crippen molar-refractivity contribution in [1.82, 2.24) is 0 Å². The average molecular weight is 258 g/mol. The SMILES string of the molecule is CCC#CC(C)Cc1c(C)cc(OCC)c(C)c1C. The summed E-state index contributed by atoms with van der Waals surface area (Å²) in [5, 5.41) is 0. The van der Waals surface area contributed by atoms with E-state index in [1.54, 1.807) is 0 Å². The van der Waals surface area contributed by atoms with E-state index in [0.29, 0.717) is 5.92 Å². The van der Waals surface area contributed by atoms with Crippen LogP contribution in [0, 0.1) is 38.5 Å². The van der Waals surface area contributed by atoms with Crippen molar-refractivity contribution < 1.29 is 4.74 Å². The molecular weight excluding hydrogens is 232 g/mol. The van der Waals surface area contributed by atoms with E-state index in [1.807, 2.05) is 6.92 Å². The molecule has 0 heterocycles. The van der Waals surface area contributed by atoms with Crippen molar-refractivity contribution in [2.75, 3.05) is 6.61 Å². The lowest BCUT2D eigenvalue weighted by molar-refractivity contribution is 0.337. The van der Waals surface area contributed by atoms with Gasteiger partial charge in [-0.15, -0.1) is 5.92 Å². The Balaban J connectivity index is 3.05. The molecule has 0 aliphatic carbocycles. The van der Waals surface area contributed by atoms with Crippen molar-refractivity contribution in [3.63, 3.8) is 0 Å². The lowest BCUT2D eigenvalue weighted by atomic mass is 9.91. The molecule has 0 saturated heterocycles. The molecule has 0 N–H and O–H groups in total. The van der Waals surface area contributed by atoms with Crippen LogP contribution in [-0.2, 0) is 6.42 Å². The van der Waals surface area contributed by atoms with Gasteiger partial charge in [0.1, 0.15) is 5.75 Å². The van der Waals surface area contributed by atoms with Crippen LogP contribution in [-0.4, -0.2) is 6.61 Å². The molecule has 1 heteroatoms. The number of benzene rings is 1. The first-order chi connectivity index (χ1) is 9.01. The van der Waals surface area contributed by atoms with Crippen LogP contribution in [0.3, 0.4) is 0 Å². The zero-order valence-corrected chi connectivity index (χ0v) is 13.2. The Labute approximate surface area is 118 Å². The first kappa shape index (κ1) is 15.6. The van der Waals surface area contributed by atoms with Crippen LogP contribution in [0.5, 0.6) is 5.75 Å². The van der Waals surface area contributed by atoms with E-state index in [4.69, 9.17) is 4.74 Å². The number of aryl methyl sites for hydroxylation is 1. The highest BCUT2D eigenvalue weighted by Crippen LogP contribution is 2.29. The van der Waals surface area contributed by atoms with Crippen LogP contribution in [0.4, 0.5) is 0 Å². The molecule has 1 rings (SSSR count). The lowest BCUT2D eigenvalue weighted by Gasteiger charge is -2.18. The Morgan fingerprint density at radius 3 is 2.42 bits per heavy atom. The third kappa shape index (κ3) is 4.03. The first-order valence-electron chi connectivity index (χ1n) is 7.22. The van der Waals surface area contributed by atoms with Gasteiger partial charge in [-0.1, -0.05) is 19.8 Å². The van der Waals surface area contributed by atoms with Gasteiger partial charge >= 0.3 is 0 Å². The summed E-state index contributed by atoms with van der Waals surface area (Å²) in [6.45, 7) is 13.6. The van der Waals surface area contributed by atoms with E-state index >= 15 is 0 Å². The molecule has 19 heavy (non-hydrogen) atoms. The van der Waals surface area contributed by atoms with Gasteiger partial charge in [0.25, 0.3) is 0 Å². The smallest absolute Gasteiger partial charge is 0.122 e. The molecule has 0 aliphatic rings. The largest absolute Gasteiger partial charge is 0.494 e. The number of hydrogen-bond donors (Lipinski definition) is 0. The van der Waals surface area contributed by atoms with Gasteiger partial charge in [-0.3, -0.25) is 0 Å². The van der Waals surface area contributed by atoms with Crippen molar-refractivity contribution in [3.05, 3.63) is 28.3 Å². The molecule has 0 aliphatic heterocycles. The summed E-state index contributed by atoms with van der Waals surface area (Å²) >= 11 is 0. The minimum atomic E-state index is 0.412. The molecule has 0 radical (unpaired) electrons. The Bertz CT molecular complexity index is 489. The van der Waals surface area contributed by atoms with Gasteiger partial charge in [-0.25, -0.2) is 0 Å². The molecule has 0 fully saturated rings. The Morgan fingerprint density at radius 2 is 1.84 bits per heavy atom. The van der Waals surface area contributed by atoms with Gasteiger partial charge in [0.05, 0.1) is 6.61 Å². The van der Waals surface area contributed by atoms with Crippen LogP contribution in [0.25, 0.3) is 0 Å². The van der Waals surface area contributed by atoms with Gasteiger partial charge in [0.2, 0.25) is 0 Å². The Kier molecular flexibility index (Phi) is 5.96. The Hall–Kier alpha value is -1.42. The zero-order chi connectivity index (χ0) is 14.4. The molecule has 0 aromatic heterocycles. The number of ether oxygens (including phenoxy) is 1. The fourth-order valence-corrected chi connectivity index (χ4v) is 2.35. The van der Waals surface area contributed by atoms with Crippen LogP contribution < -0.4 is 4.74 Å². The van der Waals surface area contributed by atoms with E-state index in [2.05, 4.69) is 52.5 Å². The second-order valence-corrected chi connectivity index (χ2v) is 5.13. The maximum atomic E-state index is 5.70. The average Bonchev–Trinajstić information content (AvgIpc) is 2.38. The van der Waals surface area contributed by atoms with Crippen LogP contribution >= 0.6 is 0 Å². The summed E-state index contributed by atoms with van der Waals surface area (Å²) in [5.41, 5.74) is 5.36. The van der Waals surface area contributed by atoms with Crippen molar-refractivity contribution in [2.24, 2.45) is 5.92 Å². The quantitative estimate of drug-likeness (QED) is 0.717. The highest BCUT2D eigenvalue weighted by molar-refractivity contribution is 5.48. The van der Waals surface area contributed by atoms with E-state index in [9.17, 15) is 0 Å².